The molecule has 2 heteroatoms. The van der Waals surface area contributed by atoms with Crippen LogP contribution in [0.2, 0.25) is 0 Å². The van der Waals surface area contributed by atoms with Gasteiger partial charge in [0.25, 0.3) is 0 Å². The Hall–Kier alpha value is -0.0100. The van der Waals surface area contributed by atoms with Gasteiger partial charge in [-0.2, -0.15) is 0 Å². The zero-order chi connectivity index (χ0) is 10.8. The second-order valence-corrected chi connectivity index (χ2v) is 6.30. The Bertz CT molecular complexity index is 211. The lowest BCUT2D eigenvalue weighted by molar-refractivity contribution is 0.153. The van der Waals surface area contributed by atoms with Crippen LogP contribution in [-0.4, -0.2) is 6.54 Å². The van der Waals surface area contributed by atoms with Crippen molar-refractivity contribution in [3.63, 3.8) is 0 Å². The van der Waals surface area contributed by atoms with Gasteiger partial charge in [0.2, 0.25) is 0 Å². The summed E-state index contributed by atoms with van der Waals surface area (Å²) in [5.41, 5.74) is 8.11. The van der Waals surface area contributed by atoms with Gasteiger partial charge in [0.05, 0.1) is 0 Å². The molecule has 0 spiro atoms. The van der Waals surface area contributed by atoms with Crippen molar-refractivity contribution in [1.29, 1.82) is 0 Å². The van der Waals surface area contributed by atoms with Gasteiger partial charge in [0.15, 0.2) is 0 Å². The van der Waals surface area contributed by atoms with Crippen LogP contribution in [0.25, 0.3) is 0 Å². The molecule has 0 aromatic rings. The van der Waals surface area contributed by atoms with Gasteiger partial charge < -0.3 is 5.73 Å². The van der Waals surface area contributed by atoms with E-state index in [1.807, 2.05) is 0 Å². The highest BCUT2D eigenvalue weighted by Gasteiger charge is 2.35. The highest BCUT2D eigenvalue weighted by molar-refractivity contribution is 5.85. The first-order valence-electron chi connectivity index (χ1n) is 5.73. The lowest BCUT2D eigenvalue weighted by Crippen LogP contribution is -2.29. The first-order chi connectivity index (χ1) is 6.35. The molecular formula is C13H26ClN. The highest BCUT2D eigenvalue weighted by atomic mass is 35.5. The largest absolute Gasteiger partial charge is 0.330 e. The van der Waals surface area contributed by atoms with E-state index in [2.05, 4.69) is 33.8 Å². The fraction of sp³-hybridized carbons (Fsp3) is 0.846. The summed E-state index contributed by atoms with van der Waals surface area (Å²) in [6.07, 6.45) is 7.26. The number of halogens is 1. The normalized spacial score (nSPS) is 23.1. The monoisotopic (exact) mass is 231 g/mol. The smallest absolute Gasteiger partial charge is 0.00425 e. The number of allylic oxidation sites excluding steroid dienone is 1. The van der Waals surface area contributed by atoms with Gasteiger partial charge in [0, 0.05) is 0 Å². The first-order valence-corrected chi connectivity index (χ1v) is 5.73. The summed E-state index contributed by atoms with van der Waals surface area (Å²) in [6, 6.07) is 0. The molecule has 1 aliphatic rings. The lowest BCUT2D eigenvalue weighted by atomic mass is 9.63. The Morgan fingerprint density at radius 3 is 2.00 bits per heavy atom. The van der Waals surface area contributed by atoms with Crippen molar-refractivity contribution in [2.75, 3.05) is 6.54 Å². The van der Waals surface area contributed by atoms with E-state index in [0.717, 1.165) is 13.0 Å². The molecule has 0 amide bonds. The predicted octanol–water partition coefficient (Wildman–Crippen LogP) is 3.92. The summed E-state index contributed by atoms with van der Waals surface area (Å²) >= 11 is 0. The van der Waals surface area contributed by atoms with Crippen molar-refractivity contribution in [3.05, 3.63) is 11.6 Å². The third-order valence-electron chi connectivity index (χ3n) is 2.97. The third kappa shape index (κ3) is 5.03. The van der Waals surface area contributed by atoms with E-state index < -0.39 is 0 Å². The van der Waals surface area contributed by atoms with Gasteiger partial charge in [-0.05, 0) is 43.1 Å². The summed E-state index contributed by atoms with van der Waals surface area (Å²) in [6.45, 7) is 10.3. The average molecular weight is 232 g/mol. The fourth-order valence-electron chi connectivity index (χ4n) is 3.14. The van der Waals surface area contributed by atoms with Crippen LogP contribution in [0.3, 0.4) is 0 Å². The van der Waals surface area contributed by atoms with E-state index >= 15 is 0 Å². The molecule has 1 saturated carbocycles. The summed E-state index contributed by atoms with van der Waals surface area (Å²) in [5, 5.41) is 0. The molecule has 0 bridgehead atoms. The van der Waals surface area contributed by atoms with E-state index in [0.29, 0.717) is 10.8 Å². The van der Waals surface area contributed by atoms with E-state index in [1.54, 1.807) is 5.57 Å². The summed E-state index contributed by atoms with van der Waals surface area (Å²) in [4.78, 5) is 0. The maximum absolute atomic E-state index is 5.54. The van der Waals surface area contributed by atoms with Crippen molar-refractivity contribution < 1.29 is 0 Å². The summed E-state index contributed by atoms with van der Waals surface area (Å²) < 4.78 is 0. The Kier molecular flexibility index (Phi) is 5.35. The minimum Gasteiger partial charge on any atom is -0.330 e. The van der Waals surface area contributed by atoms with Crippen molar-refractivity contribution >= 4 is 12.4 Å². The Morgan fingerprint density at radius 1 is 1.13 bits per heavy atom. The zero-order valence-electron chi connectivity index (χ0n) is 10.6. The Morgan fingerprint density at radius 2 is 1.60 bits per heavy atom. The number of hydrogen-bond donors (Lipinski definition) is 1. The van der Waals surface area contributed by atoms with E-state index in [-0.39, 0.29) is 12.4 Å². The average Bonchev–Trinajstić information content (AvgIpc) is 1.94. The molecule has 15 heavy (non-hydrogen) atoms. The van der Waals surface area contributed by atoms with E-state index in [9.17, 15) is 0 Å². The molecule has 1 aliphatic carbocycles. The maximum atomic E-state index is 5.54. The van der Waals surface area contributed by atoms with E-state index in [4.69, 9.17) is 5.73 Å². The third-order valence-corrected chi connectivity index (χ3v) is 2.97. The molecule has 0 radical (unpaired) electrons. The molecule has 0 aliphatic heterocycles. The zero-order valence-corrected chi connectivity index (χ0v) is 11.4. The van der Waals surface area contributed by atoms with Gasteiger partial charge in [-0.25, -0.2) is 0 Å². The molecule has 1 rings (SSSR count). The molecular weight excluding hydrogens is 206 g/mol. The molecule has 1 nitrogen and oxygen atoms in total. The first kappa shape index (κ1) is 15.0. The Labute approximate surface area is 101 Å². The molecule has 0 heterocycles. The van der Waals surface area contributed by atoms with Crippen LogP contribution < -0.4 is 5.73 Å². The lowest BCUT2D eigenvalue weighted by Gasteiger charge is -2.42. The van der Waals surface area contributed by atoms with Crippen LogP contribution in [0, 0.1) is 10.8 Å². The highest BCUT2D eigenvalue weighted by Crippen LogP contribution is 2.47. The van der Waals surface area contributed by atoms with Crippen LogP contribution >= 0.6 is 12.4 Å². The number of rotatable bonds is 2. The van der Waals surface area contributed by atoms with Crippen LogP contribution in [0.4, 0.5) is 0 Å². The van der Waals surface area contributed by atoms with Crippen molar-refractivity contribution in [1.82, 2.24) is 0 Å². The van der Waals surface area contributed by atoms with Gasteiger partial charge in [-0.3, -0.25) is 0 Å². The molecule has 0 aromatic carbocycles. The second kappa shape index (κ2) is 5.36. The SMILES string of the molecule is CC1(C)CC(=CCCN)CC(C)(C)C1.Cl. The Balaban J connectivity index is 0.00000196. The van der Waals surface area contributed by atoms with Crippen molar-refractivity contribution in [2.24, 2.45) is 16.6 Å². The second-order valence-electron chi connectivity index (χ2n) is 6.30. The fourth-order valence-corrected chi connectivity index (χ4v) is 3.14. The van der Waals surface area contributed by atoms with Crippen molar-refractivity contribution in [2.45, 2.75) is 53.4 Å². The quantitative estimate of drug-likeness (QED) is 0.717. The van der Waals surface area contributed by atoms with Crippen LogP contribution in [-0.2, 0) is 0 Å². The molecule has 0 unspecified atom stereocenters. The predicted molar refractivity (Wildman–Crippen MR) is 70.4 cm³/mol. The number of nitrogens with two attached hydrogens (primary N) is 1. The van der Waals surface area contributed by atoms with Crippen LogP contribution in [0.1, 0.15) is 53.4 Å². The molecule has 90 valence electrons. The van der Waals surface area contributed by atoms with Crippen LogP contribution in [0.5, 0.6) is 0 Å². The molecule has 1 fully saturated rings. The van der Waals surface area contributed by atoms with Gasteiger partial charge in [-0.1, -0.05) is 39.3 Å². The molecule has 0 aromatic heterocycles. The van der Waals surface area contributed by atoms with E-state index in [1.165, 1.54) is 19.3 Å². The van der Waals surface area contributed by atoms with Gasteiger partial charge in [0.1, 0.15) is 0 Å². The topological polar surface area (TPSA) is 26.0 Å². The number of hydrogen-bond acceptors (Lipinski definition) is 1. The molecule has 2 N–H and O–H groups in total. The maximum Gasteiger partial charge on any atom is -0.00425 e. The van der Waals surface area contributed by atoms with Gasteiger partial charge >= 0.3 is 0 Å². The van der Waals surface area contributed by atoms with Gasteiger partial charge in [-0.15, -0.1) is 12.4 Å². The molecule has 0 saturated heterocycles. The summed E-state index contributed by atoms with van der Waals surface area (Å²) in [7, 11) is 0. The summed E-state index contributed by atoms with van der Waals surface area (Å²) in [5.74, 6) is 0. The minimum absolute atomic E-state index is 0. The van der Waals surface area contributed by atoms with Crippen molar-refractivity contribution in [3.8, 4) is 0 Å². The molecule has 0 atom stereocenters. The standard InChI is InChI=1S/C13H25N.ClH/c1-12(2)8-11(6-5-7-14)9-13(3,4)10-12;/h6H,5,7-10,14H2,1-4H3;1H. The van der Waals surface area contributed by atoms with Crippen LogP contribution in [0.15, 0.2) is 11.6 Å². The minimum atomic E-state index is 0.